The van der Waals surface area contributed by atoms with Gasteiger partial charge in [-0.2, -0.15) is 0 Å². The van der Waals surface area contributed by atoms with Gasteiger partial charge >= 0.3 is 0 Å². The van der Waals surface area contributed by atoms with Crippen molar-refractivity contribution in [2.45, 2.75) is 13.1 Å². The van der Waals surface area contributed by atoms with Crippen LogP contribution in [0.1, 0.15) is 0 Å². The maximum atomic E-state index is 5.13. The highest BCUT2D eigenvalue weighted by Crippen LogP contribution is 2.34. The van der Waals surface area contributed by atoms with E-state index in [1.54, 1.807) is 0 Å². The Balaban J connectivity index is 2.02. The maximum Gasteiger partial charge on any atom is 0.0969 e. The highest BCUT2D eigenvalue weighted by molar-refractivity contribution is 6.14. The standard InChI is InChI=1S/C23H19N3/c1-3-13-25-18-11-7-5-9-16(18)22-20(25)15-21-23(24-22)17-10-6-8-12-19(17)26(21)14-4-2/h3-12,15H,1-2,13-14H2. The molecule has 3 heteroatoms. The first-order valence-electron chi connectivity index (χ1n) is 8.84. The predicted molar refractivity (Wildman–Crippen MR) is 111 cm³/mol. The van der Waals surface area contributed by atoms with E-state index in [0.717, 1.165) is 35.2 Å². The quantitative estimate of drug-likeness (QED) is 0.387. The van der Waals surface area contributed by atoms with Gasteiger partial charge in [0.15, 0.2) is 0 Å². The number of fused-ring (bicyclic) bond motifs is 6. The van der Waals surface area contributed by atoms with Crippen molar-refractivity contribution in [3.05, 3.63) is 79.9 Å². The molecule has 0 fully saturated rings. The average molecular weight is 337 g/mol. The summed E-state index contributed by atoms with van der Waals surface area (Å²) >= 11 is 0. The first-order chi connectivity index (χ1) is 12.8. The number of para-hydroxylation sites is 2. The van der Waals surface area contributed by atoms with Crippen LogP contribution in [0.5, 0.6) is 0 Å². The second-order valence-electron chi connectivity index (χ2n) is 6.56. The van der Waals surface area contributed by atoms with Crippen LogP contribution >= 0.6 is 0 Å². The Kier molecular flexibility index (Phi) is 3.22. The maximum absolute atomic E-state index is 5.13. The zero-order valence-electron chi connectivity index (χ0n) is 14.5. The lowest BCUT2D eigenvalue weighted by atomic mass is 10.2. The molecule has 0 amide bonds. The van der Waals surface area contributed by atoms with Gasteiger partial charge < -0.3 is 9.13 Å². The molecule has 0 bridgehead atoms. The molecule has 0 unspecified atom stereocenters. The minimum atomic E-state index is 0.763. The number of allylic oxidation sites excluding steroid dienone is 2. The second kappa shape index (κ2) is 5.60. The van der Waals surface area contributed by atoms with Crippen molar-refractivity contribution in [2.75, 3.05) is 0 Å². The fraction of sp³-hybridized carbons (Fsp3) is 0.0870. The molecule has 0 saturated heterocycles. The molecule has 126 valence electrons. The number of nitrogens with zero attached hydrogens (tertiary/aromatic N) is 3. The molecule has 2 aromatic carbocycles. The van der Waals surface area contributed by atoms with Crippen LogP contribution in [0.4, 0.5) is 0 Å². The van der Waals surface area contributed by atoms with Crippen molar-refractivity contribution >= 4 is 43.9 Å². The van der Waals surface area contributed by atoms with Crippen LogP contribution in [0.2, 0.25) is 0 Å². The van der Waals surface area contributed by atoms with Crippen molar-refractivity contribution in [1.82, 2.24) is 14.1 Å². The topological polar surface area (TPSA) is 22.8 Å². The normalized spacial score (nSPS) is 11.7. The van der Waals surface area contributed by atoms with E-state index < -0.39 is 0 Å². The Morgan fingerprint density at radius 2 is 1.15 bits per heavy atom. The lowest BCUT2D eigenvalue weighted by Gasteiger charge is -2.05. The van der Waals surface area contributed by atoms with E-state index in [4.69, 9.17) is 4.98 Å². The van der Waals surface area contributed by atoms with E-state index in [2.05, 4.69) is 76.9 Å². The minimum Gasteiger partial charge on any atom is -0.335 e. The Labute approximate surface area is 151 Å². The zero-order chi connectivity index (χ0) is 17.7. The number of benzene rings is 2. The molecule has 3 heterocycles. The summed E-state index contributed by atoms with van der Waals surface area (Å²) in [6.07, 6.45) is 3.88. The summed E-state index contributed by atoms with van der Waals surface area (Å²) in [6, 6.07) is 19.2. The SMILES string of the molecule is C=CCn1c2ccccc2c2nc3c4ccccc4n(CC=C)c3cc21. The van der Waals surface area contributed by atoms with Gasteiger partial charge in [-0.15, -0.1) is 13.2 Å². The van der Waals surface area contributed by atoms with Gasteiger partial charge in [-0.3, -0.25) is 0 Å². The second-order valence-corrected chi connectivity index (χ2v) is 6.56. The molecule has 0 radical (unpaired) electrons. The van der Waals surface area contributed by atoms with Gasteiger partial charge in [0, 0.05) is 23.9 Å². The Bertz CT molecular complexity index is 1220. The van der Waals surface area contributed by atoms with Gasteiger partial charge in [-0.05, 0) is 18.2 Å². The molecule has 26 heavy (non-hydrogen) atoms. The molecule has 0 aliphatic rings. The predicted octanol–water partition coefficient (Wildman–Crippen LogP) is 5.67. The summed E-state index contributed by atoms with van der Waals surface area (Å²) < 4.78 is 4.58. The average Bonchev–Trinajstić information content (AvgIpc) is 3.15. The van der Waals surface area contributed by atoms with Gasteiger partial charge in [-0.25, -0.2) is 4.98 Å². The van der Waals surface area contributed by atoms with Crippen LogP contribution in [0.15, 0.2) is 79.9 Å². The molecule has 3 aromatic heterocycles. The molecule has 0 atom stereocenters. The summed E-state index contributed by atoms with van der Waals surface area (Å²) in [6.45, 7) is 9.39. The highest BCUT2D eigenvalue weighted by Gasteiger charge is 2.16. The molecule has 0 N–H and O–H groups in total. The molecule has 0 aliphatic carbocycles. The number of rotatable bonds is 4. The fourth-order valence-electron chi connectivity index (χ4n) is 4.03. The Hall–Kier alpha value is -3.33. The molecule has 0 saturated carbocycles. The van der Waals surface area contributed by atoms with Crippen molar-refractivity contribution < 1.29 is 0 Å². The van der Waals surface area contributed by atoms with Crippen LogP contribution in [0.3, 0.4) is 0 Å². The third-order valence-electron chi connectivity index (χ3n) is 5.09. The third-order valence-corrected chi connectivity index (χ3v) is 5.09. The molecule has 5 aromatic rings. The van der Waals surface area contributed by atoms with Crippen LogP contribution in [0.25, 0.3) is 43.9 Å². The zero-order valence-corrected chi connectivity index (χ0v) is 14.5. The van der Waals surface area contributed by atoms with Crippen molar-refractivity contribution in [1.29, 1.82) is 0 Å². The van der Waals surface area contributed by atoms with E-state index in [0.29, 0.717) is 0 Å². The minimum absolute atomic E-state index is 0.763. The van der Waals surface area contributed by atoms with E-state index in [1.165, 1.54) is 21.8 Å². The molecule has 5 rings (SSSR count). The number of pyridine rings is 1. The van der Waals surface area contributed by atoms with Gasteiger partial charge in [0.25, 0.3) is 0 Å². The van der Waals surface area contributed by atoms with E-state index >= 15 is 0 Å². The first-order valence-corrected chi connectivity index (χ1v) is 8.84. The first kappa shape index (κ1) is 15.0. The van der Waals surface area contributed by atoms with Crippen LogP contribution < -0.4 is 0 Å². The third kappa shape index (κ3) is 1.91. The van der Waals surface area contributed by atoms with Crippen molar-refractivity contribution in [3.63, 3.8) is 0 Å². The Morgan fingerprint density at radius 1 is 0.692 bits per heavy atom. The van der Waals surface area contributed by atoms with Gasteiger partial charge in [0.1, 0.15) is 0 Å². The number of aromatic nitrogens is 3. The van der Waals surface area contributed by atoms with Crippen molar-refractivity contribution in [2.24, 2.45) is 0 Å². The summed E-state index contributed by atoms with van der Waals surface area (Å²) in [5.41, 5.74) is 6.79. The van der Waals surface area contributed by atoms with Crippen LogP contribution in [-0.2, 0) is 13.1 Å². The summed E-state index contributed by atoms with van der Waals surface area (Å²) in [5.74, 6) is 0. The van der Waals surface area contributed by atoms with Gasteiger partial charge in [-0.1, -0.05) is 48.6 Å². The molecule has 0 aliphatic heterocycles. The molecule has 0 spiro atoms. The highest BCUT2D eigenvalue weighted by atomic mass is 15.0. The lowest BCUT2D eigenvalue weighted by molar-refractivity contribution is 0.890. The fourth-order valence-corrected chi connectivity index (χ4v) is 4.03. The lowest BCUT2D eigenvalue weighted by Crippen LogP contribution is -1.97. The van der Waals surface area contributed by atoms with Gasteiger partial charge in [0.2, 0.25) is 0 Å². The number of hydrogen-bond donors (Lipinski definition) is 0. The molecule has 3 nitrogen and oxygen atoms in total. The van der Waals surface area contributed by atoms with Gasteiger partial charge in [0.05, 0.1) is 33.1 Å². The molecular weight excluding hydrogens is 318 g/mol. The smallest absolute Gasteiger partial charge is 0.0969 e. The summed E-state index contributed by atoms with van der Waals surface area (Å²) in [5, 5.41) is 2.37. The monoisotopic (exact) mass is 337 g/mol. The molecular formula is C23H19N3. The van der Waals surface area contributed by atoms with Crippen LogP contribution in [-0.4, -0.2) is 14.1 Å². The summed E-state index contributed by atoms with van der Waals surface area (Å²) in [4.78, 5) is 5.13. The largest absolute Gasteiger partial charge is 0.335 e. The van der Waals surface area contributed by atoms with E-state index in [1.807, 2.05) is 12.2 Å². The van der Waals surface area contributed by atoms with E-state index in [-0.39, 0.29) is 0 Å². The van der Waals surface area contributed by atoms with Crippen LogP contribution in [0, 0.1) is 0 Å². The number of hydrogen-bond acceptors (Lipinski definition) is 1. The van der Waals surface area contributed by atoms with E-state index in [9.17, 15) is 0 Å². The van der Waals surface area contributed by atoms with Crippen molar-refractivity contribution in [3.8, 4) is 0 Å². The summed E-state index contributed by atoms with van der Waals surface area (Å²) in [7, 11) is 0. The Morgan fingerprint density at radius 3 is 1.62 bits per heavy atom.